The summed E-state index contributed by atoms with van der Waals surface area (Å²) < 4.78 is 10.7. The molecule has 0 amide bonds. The quantitative estimate of drug-likeness (QED) is 0.855. The van der Waals surface area contributed by atoms with Gasteiger partial charge in [0.1, 0.15) is 11.9 Å². The van der Waals surface area contributed by atoms with Gasteiger partial charge in [0, 0.05) is 12.1 Å². The van der Waals surface area contributed by atoms with Gasteiger partial charge in [-0.3, -0.25) is 4.79 Å². The van der Waals surface area contributed by atoms with Crippen LogP contribution in [0.25, 0.3) is 0 Å². The monoisotopic (exact) mass is 275 g/mol. The molecule has 0 aliphatic carbocycles. The molecule has 3 rings (SSSR count). The Bertz CT molecular complexity index is 459. The summed E-state index contributed by atoms with van der Waals surface area (Å²) in [6, 6.07) is 9.03. The molecule has 2 fully saturated rings. The molecule has 2 heterocycles. The number of rotatable bonds is 4. The molecular formula is C16H21NO3. The summed E-state index contributed by atoms with van der Waals surface area (Å²) in [4.78, 5) is 11.2. The lowest BCUT2D eigenvalue weighted by atomic mass is 10.0. The van der Waals surface area contributed by atoms with Crippen LogP contribution >= 0.6 is 0 Å². The van der Waals surface area contributed by atoms with Gasteiger partial charge in [0.2, 0.25) is 0 Å². The van der Waals surface area contributed by atoms with Crippen LogP contribution in [0.4, 0.5) is 0 Å². The minimum absolute atomic E-state index is 0.214. The van der Waals surface area contributed by atoms with Crippen molar-refractivity contribution in [3.05, 3.63) is 29.8 Å². The third-order valence-corrected chi connectivity index (χ3v) is 4.23. The Morgan fingerprint density at radius 2 is 1.85 bits per heavy atom. The first kappa shape index (κ1) is 13.4. The van der Waals surface area contributed by atoms with Gasteiger partial charge >= 0.3 is 5.97 Å². The number of carbonyl (C=O) groups is 1. The number of nitrogens with one attached hydrogen (secondary N) is 1. The average molecular weight is 275 g/mol. The minimum Gasteiger partial charge on any atom is -0.490 e. The molecule has 2 bridgehead atoms. The molecule has 4 nitrogen and oxygen atoms in total. The van der Waals surface area contributed by atoms with Gasteiger partial charge in [-0.25, -0.2) is 0 Å². The molecule has 20 heavy (non-hydrogen) atoms. The fourth-order valence-electron chi connectivity index (χ4n) is 3.22. The van der Waals surface area contributed by atoms with Crippen LogP contribution in [0.3, 0.4) is 0 Å². The Hall–Kier alpha value is -1.55. The maximum Gasteiger partial charge on any atom is 0.309 e. The standard InChI is InChI=1S/C16H21NO3/c1-19-16(18)8-11-2-6-14(7-3-11)20-15-9-12-4-5-13(10-15)17-12/h2-3,6-7,12-13,15,17H,4-5,8-10H2,1H3. The van der Waals surface area contributed by atoms with E-state index < -0.39 is 0 Å². The highest BCUT2D eigenvalue weighted by atomic mass is 16.5. The number of esters is 1. The van der Waals surface area contributed by atoms with Crippen LogP contribution in [0.15, 0.2) is 24.3 Å². The molecule has 0 spiro atoms. The molecule has 2 aliphatic heterocycles. The zero-order chi connectivity index (χ0) is 13.9. The number of hydrogen-bond donors (Lipinski definition) is 1. The zero-order valence-corrected chi connectivity index (χ0v) is 11.8. The van der Waals surface area contributed by atoms with Gasteiger partial charge in [-0.1, -0.05) is 12.1 Å². The summed E-state index contributed by atoms with van der Waals surface area (Å²) in [5, 5.41) is 3.61. The van der Waals surface area contributed by atoms with Crippen molar-refractivity contribution >= 4 is 5.97 Å². The normalized spacial score (nSPS) is 28.1. The third kappa shape index (κ3) is 3.12. The van der Waals surface area contributed by atoms with Crippen molar-refractivity contribution in [1.82, 2.24) is 5.32 Å². The lowest BCUT2D eigenvalue weighted by Gasteiger charge is -2.29. The van der Waals surface area contributed by atoms with Crippen molar-refractivity contribution in [2.75, 3.05) is 7.11 Å². The maximum atomic E-state index is 11.2. The van der Waals surface area contributed by atoms with Crippen LogP contribution in [0.1, 0.15) is 31.2 Å². The molecule has 108 valence electrons. The van der Waals surface area contributed by atoms with Gasteiger partial charge < -0.3 is 14.8 Å². The summed E-state index contributed by atoms with van der Waals surface area (Å²) >= 11 is 0. The van der Waals surface area contributed by atoms with Crippen molar-refractivity contribution in [3.8, 4) is 5.75 Å². The van der Waals surface area contributed by atoms with Crippen LogP contribution in [-0.2, 0) is 16.0 Å². The molecular weight excluding hydrogens is 254 g/mol. The highest BCUT2D eigenvalue weighted by molar-refractivity contribution is 5.72. The van der Waals surface area contributed by atoms with Gasteiger partial charge in [-0.15, -0.1) is 0 Å². The maximum absolute atomic E-state index is 11.2. The molecule has 0 radical (unpaired) electrons. The van der Waals surface area contributed by atoms with Gasteiger partial charge in [-0.2, -0.15) is 0 Å². The Morgan fingerprint density at radius 3 is 2.45 bits per heavy atom. The largest absolute Gasteiger partial charge is 0.490 e. The van der Waals surface area contributed by atoms with Crippen molar-refractivity contribution < 1.29 is 14.3 Å². The second kappa shape index (κ2) is 5.83. The molecule has 4 heteroatoms. The number of ether oxygens (including phenoxy) is 2. The number of hydrogen-bond acceptors (Lipinski definition) is 4. The molecule has 2 saturated heterocycles. The summed E-state index contributed by atoms with van der Waals surface area (Å²) in [6.45, 7) is 0. The van der Waals surface area contributed by atoms with E-state index in [-0.39, 0.29) is 5.97 Å². The van der Waals surface area contributed by atoms with Gasteiger partial charge in [0.25, 0.3) is 0 Å². The number of piperidine rings is 1. The van der Waals surface area contributed by atoms with Crippen LogP contribution in [-0.4, -0.2) is 31.3 Å². The molecule has 2 unspecified atom stereocenters. The molecule has 2 aliphatic rings. The number of carbonyl (C=O) groups excluding carboxylic acids is 1. The van der Waals surface area contributed by atoms with Crippen LogP contribution in [0.5, 0.6) is 5.75 Å². The molecule has 1 aromatic carbocycles. The van der Waals surface area contributed by atoms with Crippen molar-refractivity contribution in [2.45, 2.75) is 50.3 Å². The number of benzene rings is 1. The first-order chi connectivity index (χ1) is 9.72. The summed E-state index contributed by atoms with van der Waals surface area (Å²) in [5.74, 6) is 0.679. The van der Waals surface area contributed by atoms with E-state index >= 15 is 0 Å². The van der Waals surface area contributed by atoms with Crippen molar-refractivity contribution in [3.63, 3.8) is 0 Å². The molecule has 1 aromatic rings. The van der Waals surface area contributed by atoms with Crippen molar-refractivity contribution in [1.29, 1.82) is 0 Å². The van der Waals surface area contributed by atoms with E-state index in [0.29, 0.717) is 24.6 Å². The Kier molecular flexibility index (Phi) is 3.92. The van der Waals surface area contributed by atoms with Gasteiger partial charge in [0.15, 0.2) is 0 Å². The smallest absolute Gasteiger partial charge is 0.309 e. The summed E-state index contributed by atoms with van der Waals surface area (Å²) in [7, 11) is 1.41. The van der Waals surface area contributed by atoms with Gasteiger partial charge in [0.05, 0.1) is 13.5 Å². The zero-order valence-electron chi connectivity index (χ0n) is 11.8. The summed E-state index contributed by atoms with van der Waals surface area (Å²) in [6.07, 6.45) is 5.39. The first-order valence-electron chi connectivity index (χ1n) is 7.31. The van der Waals surface area contributed by atoms with E-state index in [1.165, 1.54) is 20.0 Å². The number of fused-ring (bicyclic) bond motifs is 2. The Balaban J connectivity index is 1.56. The lowest BCUT2D eigenvalue weighted by molar-refractivity contribution is -0.139. The predicted molar refractivity (Wildman–Crippen MR) is 75.8 cm³/mol. The van der Waals surface area contributed by atoms with Crippen molar-refractivity contribution in [2.24, 2.45) is 0 Å². The van der Waals surface area contributed by atoms with E-state index in [9.17, 15) is 4.79 Å². The van der Waals surface area contributed by atoms with Crippen LogP contribution in [0.2, 0.25) is 0 Å². The highest BCUT2D eigenvalue weighted by Gasteiger charge is 2.34. The number of methoxy groups -OCH3 is 1. The van der Waals surface area contributed by atoms with E-state index in [0.717, 1.165) is 24.2 Å². The fourth-order valence-corrected chi connectivity index (χ4v) is 3.22. The van der Waals surface area contributed by atoms with E-state index in [1.54, 1.807) is 0 Å². The SMILES string of the molecule is COC(=O)Cc1ccc(OC2CC3CCC(C2)N3)cc1. The second-order valence-corrected chi connectivity index (χ2v) is 5.75. The second-order valence-electron chi connectivity index (χ2n) is 5.75. The summed E-state index contributed by atoms with van der Waals surface area (Å²) in [5.41, 5.74) is 0.953. The Labute approximate surface area is 119 Å². The van der Waals surface area contributed by atoms with Gasteiger partial charge in [-0.05, 0) is 43.4 Å². The lowest BCUT2D eigenvalue weighted by Crippen LogP contribution is -2.42. The predicted octanol–water partition coefficient (Wildman–Crippen LogP) is 2.06. The van der Waals surface area contributed by atoms with E-state index in [4.69, 9.17) is 4.74 Å². The highest BCUT2D eigenvalue weighted by Crippen LogP contribution is 2.29. The molecule has 0 saturated carbocycles. The molecule has 2 atom stereocenters. The Morgan fingerprint density at radius 1 is 1.20 bits per heavy atom. The topological polar surface area (TPSA) is 47.6 Å². The molecule has 1 N–H and O–H groups in total. The van der Waals surface area contributed by atoms with Crippen LogP contribution < -0.4 is 10.1 Å². The first-order valence-corrected chi connectivity index (χ1v) is 7.31. The van der Waals surface area contributed by atoms with E-state index in [2.05, 4.69) is 10.1 Å². The third-order valence-electron chi connectivity index (χ3n) is 4.23. The fraction of sp³-hybridized carbons (Fsp3) is 0.562. The molecule has 0 aromatic heterocycles. The average Bonchev–Trinajstić information content (AvgIpc) is 2.80. The minimum atomic E-state index is -0.214. The van der Waals surface area contributed by atoms with Crippen LogP contribution in [0, 0.1) is 0 Å². The van der Waals surface area contributed by atoms with E-state index in [1.807, 2.05) is 24.3 Å².